The van der Waals surface area contributed by atoms with Crippen molar-refractivity contribution in [2.75, 3.05) is 0 Å². The van der Waals surface area contributed by atoms with E-state index < -0.39 is 5.97 Å². The third-order valence-electron chi connectivity index (χ3n) is 7.51. The summed E-state index contributed by atoms with van der Waals surface area (Å²) in [7, 11) is 0. The monoisotopic (exact) mass is 483 g/mol. The number of rotatable bonds is 5. The number of aromatic nitrogens is 2. The Morgan fingerprint density at radius 3 is 2.44 bits per heavy atom. The summed E-state index contributed by atoms with van der Waals surface area (Å²) in [6.07, 6.45) is 1.45. The third-order valence-corrected chi connectivity index (χ3v) is 7.51. The topological polar surface area (TPSA) is 79.5 Å². The molecule has 0 spiro atoms. The maximum atomic E-state index is 13.8. The molecule has 0 amide bonds. The van der Waals surface area contributed by atoms with Crippen molar-refractivity contribution in [3.05, 3.63) is 82.7 Å². The molecule has 1 N–H and O–H groups in total. The average Bonchev–Trinajstić information content (AvgIpc) is 3.44. The van der Waals surface area contributed by atoms with E-state index in [-0.39, 0.29) is 11.7 Å². The first-order valence-electron chi connectivity index (χ1n) is 12.2. The van der Waals surface area contributed by atoms with Crippen LogP contribution in [0.5, 0.6) is 0 Å². The number of carboxylic acids is 1. The molecule has 4 aromatic rings. The SMILES string of the molecule is Cc1cc(-c2nc(-c3ccc4c(c3)CN([C@H]3C[C@H](C(=O)O)C3)C4)no2)cc(C)c1-c1cccc(F)c1. The van der Waals surface area contributed by atoms with E-state index in [1.54, 1.807) is 12.1 Å². The molecule has 0 bridgehead atoms. The van der Waals surface area contributed by atoms with Crippen LogP contribution in [0.3, 0.4) is 0 Å². The second-order valence-corrected chi connectivity index (χ2v) is 9.97. The molecule has 2 heterocycles. The lowest BCUT2D eigenvalue weighted by Crippen LogP contribution is -2.44. The number of aliphatic carboxylic acids is 1. The van der Waals surface area contributed by atoms with Crippen LogP contribution in [0.15, 0.2) is 59.1 Å². The van der Waals surface area contributed by atoms with E-state index in [2.05, 4.69) is 27.2 Å². The molecule has 0 saturated heterocycles. The van der Waals surface area contributed by atoms with Crippen molar-refractivity contribution >= 4 is 5.97 Å². The van der Waals surface area contributed by atoms with Gasteiger partial charge in [0.05, 0.1) is 5.92 Å². The van der Waals surface area contributed by atoms with Gasteiger partial charge in [-0.3, -0.25) is 9.69 Å². The molecule has 1 fully saturated rings. The van der Waals surface area contributed by atoms with Crippen molar-refractivity contribution in [1.29, 1.82) is 0 Å². The number of nitrogens with zero attached hydrogens (tertiary/aromatic N) is 3. The Morgan fingerprint density at radius 2 is 1.72 bits per heavy atom. The molecule has 1 aromatic heterocycles. The first-order valence-corrected chi connectivity index (χ1v) is 12.2. The highest BCUT2D eigenvalue weighted by Gasteiger charge is 2.39. The zero-order chi connectivity index (χ0) is 25.0. The van der Waals surface area contributed by atoms with Crippen molar-refractivity contribution < 1.29 is 18.8 Å². The van der Waals surface area contributed by atoms with Gasteiger partial charge in [-0.2, -0.15) is 4.98 Å². The van der Waals surface area contributed by atoms with Crippen LogP contribution in [-0.2, 0) is 17.9 Å². The highest BCUT2D eigenvalue weighted by atomic mass is 19.1. The Bertz CT molecular complexity index is 1470. The fraction of sp³-hybridized carbons (Fsp3) is 0.276. The quantitative estimate of drug-likeness (QED) is 0.375. The molecule has 6 rings (SSSR count). The first-order chi connectivity index (χ1) is 17.4. The van der Waals surface area contributed by atoms with E-state index in [0.717, 1.165) is 59.3 Å². The summed E-state index contributed by atoms with van der Waals surface area (Å²) in [5.74, 6) is -0.176. The standard InChI is InChI=1S/C29H26FN3O3/c1-16-8-21(9-17(2)26(16)18-4-3-5-24(30)11-18)28-31-27(32-36-28)19-6-7-20-14-33(15-23(20)10-19)25-12-22(13-25)29(34)35/h3-11,22,25H,12-15H2,1-2H3,(H,34,35)/t22-,25-. The van der Waals surface area contributed by atoms with Crippen molar-refractivity contribution in [2.24, 2.45) is 5.92 Å². The molecule has 3 aromatic carbocycles. The number of hydrogen-bond donors (Lipinski definition) is 1. The lowest BCUT2D eigenvalue weighted by molar-refractivity contribution is -0.147. The molecular formula is C29H26FN3O3. The molecule has 7 heteroatoms. The Morgan fingerprint density at radius 1 is 0.972 bits per heavy atom. The molecule has 1 aliphatic carbocycles. The molecule has 182 valence electrons. The predicted octanol–water partition coefficient (Wildman–Crippen LogP) is 6.01. The molecule has 36 heavy (non-hydrogen) atoms. The fourth-order valence-electron chi connectivity index (χ4n) is 5.55. The second-order valence-electron chi connectivity index (χ2n) is 9.97. The van der Waals surface area contributed by atoms with Gasteiger partial charge in [0.25, 0.3) is 5.89 Å². The van der Waals surface area contributed by atoms with Crippen molar-refractivity contribution in [3.63, 3.8) is 0 Å². The highest BCUT2D eigenvalue weighted by Crippen LogP contribution is 2.38. The summed E-state index contributed by atoms with van der Waals surface area (Å²) < 4.78 is 19.4. The van der Waals surface area contributed by atoms with Gasteiger partial charge in [-0.1, -0.05) is 29.4 Å². The normalized spacial score (nSPS) is 19.2. The molecular weight excluding hydrogens is 457 g/mol. The van der Waals surface area contributed by atoms with Gasteiger partial charge < -0.3 is 9.63 Å². The minimum atomic E-state index is -0.688. The number of fused-ring (bicyclic) bond motifs is 1. The Kier molecular flexibility index (Phi) is 5.45. The second kappa shape index (κ2) is 8.68. The number of halogens is 1. The van der Waals surface area contributed by atoms with E-state index in [0.29, 0.717) is 17.8 Å². The van der Waals surface area contributed by atoms with E-state index in [1.807, 2.05) is 38.1 Å². The molecule has 2 aliphatic rings. The molecule has 1 aliphatic heterocycles. The van der Waals surface area contributed by atoms with Gasteiger partial charge in [-0.25, -0.2) is 4.39 Å². The largest absolute Gasteiger partial charge is 0.481 e. The number of benzene rings is 3. The Hall–Kier alpha value is -3.84. The lowest BCUT2D eigenvalue weighted by atomic mass is 9.79. The zero-order valence-corrected chi connectivity index (χ0v) is 20.2. The summed E-state index contributed by atoms with van der Waals surface area (Å²) >= 11 is 0. The number of carboxylic acid groups (broad SMARTS) is 1. The summed E-state index contributed by atoms with van der Waals surface area (Å²) in [6.45, 7) is 5.66. The molecule has 0 radical (unpaired) electrons. The minimum absolute atomic E-state index is 0.206. The Labute approximate surface area is 208 Å². The minimum Gasteiger partial charge on any atom is -0.481 e. The summed E-state index contributed by atoms with van der Waals surface area (Å²) in [4.78, 5) is 18.2. The van der Waals surface area contributed by atoms with Crippen LogP contribution in [0.25, 0.3) is 34.0 Å². The van der Waals surface area contributed by atoms with Crippen LogP contribution >= 0.6 is 0 Å². The van der Waals surface area contributed by atoms with Crippen LogP contribution in [0, 0.1) is 25.6 Å². The van der Waals surface area contributed by atoms with Crippen molar-refractivity contribution in [3.8, 4) is 34.0 Å². The van der Waals surface area contributed by atoms with E-state index in [9.17, 15) is 9.18 Å². The van der Waals surface area contributed by atoms with Crippen LogP contribution in [0.4, 0.5) is 4.39 Å². The maximum Gasteiger partial charge on any atom is 0.306 e. The van der Waals surface area contributed by atoms with Gasteiger partial charge in [0.2, 0.25) is 5.82 Å². The van der Waals surface area contributed by atoms with E-state index in [4.69, 9.17) is 9.63 Å². The summed E-state index contributed by atoms with van der Waals surface area (Å²) in [5.41, 5.74) is 8.08. The molecule has 1 saturated carbocycles. The number of hydrogen-bond acceptors (Lipinski definition) is 5. The van der Waals surface area contributed by atoms with E-state index in [1.165, 1.54) is 17.2 Å². The van der Waals surface area contributed by atoms with Gasteiger partial charge >= 0.3 is 5.97 Å². The van der Waals surface area contributed by atoms with Crippen LogP contribution in [0.1, 0.15) is 35.1 Å². The van der Waals surface area contributed by atoms with Gasteiger partial charge in [0.1, 0.15) is 5.82 Å². The van der Waals surface area contributed by atoms with Crippen LogP contribution in [-0.4, -0.2) is 32.2 Å². The van der Waals surface area contributed by atoms with E-state index >= 15 is 0 Å². The average molecular weight is 484 g/mol. The zero-order valence-electron chi connectivity index (χ0n) is 20.2. The highest BCUT2D eigenvalue weighted by molar-refractivity contribution is 5.75. The first kappa shape index (κ1) is 22.6. The van der Waals surface area contributed by atoms with Crippen LogP contribution in [0.2, 0.25) is 0 Å². The molecule has 0 atom stereocenters. The summed E-state index contributed by atoms with van der Waals surface area (Å²) in [5, 5.41) is 13.4. The number of carbonyl (C=O) groups is 1. The fourth-order valence-corrected chi connectivity index (χ4v) is 5.55. The molecule has 6 nitrogen and oxygen atoms in total. The smallest absolute Gasteiger partial charge is 0.306 e. The molecule has 0 unspecified atom stereocenters. The lowest BCUT2D eigenvalue weighted by Gasteiger charge is -2.39. The van der Waals surface area contributed by atoms with Crippen molar-refractivity contribution in [1.82, 2.24) is 15.0 Å². The maximum absolute atomic E-state index is 13.8. The van der Waals surface area contributed by atoms with Gasteiger partial charge in [-0.05, 0) is 90.4 Å². The van der Waals surface area contributed by atoms with Gasteiger partial charge in [-0.15, -0.1) is 0 Å². The van der Waals surface area contributed by atoms with Gasteiger partial charge in [0, 0.05) is 30.3 Å². The van der Waals surface area contributed by atoms with Crippen LogP contribution < -0.4 is 0 Å². The third kappa shape index (κ3) is 3.99. The van der Waals surface area contributed by atoms with Crippen molar-refractivity contribution in [2.45, 2.75) is 45.8 Å². The van der Waals surface area contributed by atoms with Gasteiger partial charge in [0.15, 0.2) is 0 Å². The predicted molar refractivity (Wildman–Crippen MR) is 133 cm³/mol. The number of aryl methyl sites for hydroxylation is 2. The summed E-state index contributed by atoms with van der Waals surface area (Å²) in [6, 6.07) is 17.2. The Balaban J connectivity index is 1.22.